The molecule has 0 bridgehead atoms. The Balaban J connectivity index is 1.23. The van der Waals surface area contributed by atoms with E-state index in [-0.39, 0.29) is 17.1 Å². The standard InChI is InChI=1S/C44H26N2O2S/c47-41-33-21-22-45-26-36(33)42(48)35(41)24-30-25-40-43(49-30)34-20-19-29(46(27-11-3-1-4-12-27)28-13-5-2-6-14-28)23-39(34)44(40)37-17-9-7-15-31(37)32-16-8-10-18-38(32)44/h1-26H/b35-24+. The van der Waals surface area contributed by atoms with Crippen molar-refractivity contribution in [2.75, 3.05) is 4.90 Å². The molecule has 7 aromatic rings. The molecule has 2 heterocycles. The number of anilines is 3. The molecule has 0 unspecified atom stereocenters. The average Bonchev–Trinajstić information content (AvgIpc) is 3.85. The fraction of sp³-hybridized carbons (Fsp3) is 0.0227. The highest BCUT2D eigenvalue weighted by Crippen LogP contribution is 2.65. The van der Waals surface area contributed by atoms with Gasteiger partial charge in [0.25, 0.3) is 0 Å². The largest absolute Gasteiger partial charge is 0.310 e. The van der Waals surface area contributed by atoms with Gasteiger partial charge in [-0.15, -0.1) is 11.3 Å². The first-order valence-electron chi connectivity index (χ1n) is 16.3. The van der Waals surface area contributed by atoms with Crippen molar-refractivity contribution in [3.05, 3.63) is 196 Å². The number of hydrogen-bond acceptors (Lipinski definition) is 5. The van der Waals surface area contributed by atoms with E-state index >= 15 is 0 Å². The number of fused-ring (bicyclic) bond motifs is 11. The zero-order chi connectivity index (χ0) is 32.7. The molecule has 0 fully saturated rings. The van der Waals surface area contributed by atoms with E-state index in [1.165, 1.54) is 39.6 Å². The summed E-state index contributed by atoms with van der Waals surface area (Å²) in [4.78, 5) is 35.2. The topological polar surface area (TPSA) is 50.3 Å². The van der Waals surface area contributed by atoms with E-state index in [2.05, 4.69) is 131 Å². The number of aromatic nitrogens is 1. The molecule has 10 rings (SSSR count). The summed E-state index contributed by atoms with van der Waals surface area (Å²) in [7, 11) is 0. The Hall–Kier alpha value is -6.17. The molecule has 5 aromatic carbocycles. The van der Waals surface area contributed by atoms with Gasteiger partial charge in [-0.05, 0) is 93.6 Å². The summed E-state index contributed by atoms with van der Waals surface area (Å²) in [5.41, 5.74) is 12.1. The van der Waals surface area contributed by atoms with Gasteiger partial charge >= 0.3 is 0 Å². The molecule has 0 radical (unpaired) electrons. The summed E-state index contributed by atoms with van der Waals surface area (Å²) in [6.07, 6.45) is 4.84. The Morgan fingerprint density at radius 2 is 1.14 bits per heavy atom. The lowest BCUT2D eigenvalue weighted by atomic mass is 9.71. The third-order valence-corrected chi connectivity index (χ3v) is 11.2. The van der Waals surface area contributed by atoms with E-state index in [9.17, 15) is 9.59 Å². The van der Waals surface area contributed by atoms with Gasteiger partial charge in [0.1, 0.15) is 0 Å². The number of allylic oxidation sites excluding steroid dienone is 1. The van der Waals surface area contributed by atoms with Crippen molar-refractivity contribution < 1.29 is 9.59 Å². The second-order valence-electron chi connectivity index (χ2n) is 12.6. The van der Waals surface area contributed by atoms with Crippen LogP contribution in [0.4, 0.5) is 17.1 Å². The van der Waals surface area contributed by atoms with Gasteiger partial charge in [-0.1, -0.05) is 91.0 Å². The van der Waals surface area contributed by atoms with Crippen LogP contribution in [0.2, 0.25) is 0 Å². The Morgan fingerprint density at radius 1 is 0.531 bits per heavy atom. The second-order valence-corrected chi connectivity index (χ2v) is 13.7. The lowest BCUT2D eigenvalue weighted by molar-refractivity contribution is 0.0990. The minimum atomic E-state index is -0.573. The highest BCUT2D eigenvalue weighted by Gasteiger charge is 2.52. The van der Waals surface area contributed by atoms with Gasteiger partial charge in [0.2, 0.25) is 0 Å². The minimum absolute atomic E-state index is 0.195. The van der Waals surface area contributed by atoms with Gasteiger partial charge in [0.05, 0.1) is 16.6 Å². The number of pyridine rings is 1. The number of nitrogens with zero attached hydrogens (tertiary/aromatic N) is 2. The van der Waals surface area contributed by atoms with Crippen LogP contribution in [-0.2, 0) is 5.41 Å². The first kappa shape index (κ1) is 27.9. The van der Waals surface area contributed by atoms with Crippen LogP contribution < -0.4 is 4.90 Å². The van der Waals surface area contributed by atoms with E-state index in [1.807, 2.05) is 12.1 Å². The molecule has 0 N–H and O–H groups in total. The number of para-hydroxylation sites is 2. The predicted molar refractivity (Wildman–Crippen MR) is 196 cm³/mol. The Morgan fingerprint density at radius 3 is 1.80 bits per heavy atom. The third kappa shape index (κ3) is 3.82. The second kappa shape index (κ2) is 10.4. The smallest absolute Gasteiger partial charge is 0.199 e. The minimum Gasteiger partial charge on any atom is -0.310 e. The summed E-state index contributed by atoms with van der Waals surface area (Å²) in [6.45, 7) is 0. The molecule has 1 spiro atoms. The Labute approximate surface area is 287 Å². The number of carbonyl (C=O) groups is 2. The lowest BCUT2D eigenvalue weighted by Crippen LogP contribution is -2.26. The molecule has 3 aliphatic rings. The fourth-order valence-corrected chi connectivity index (χ4v) is 9.34. The van der Waals surface area contributed by atoms with Crippen LogP contribution in [0.5, 0.6) is 0 Å². The quantitative estimate of drug-likeness (QED) is 0.141. The van der Waals surface area contributed by atoms with E-state index in [1.54, 1.807) is 29.7 Å². The van der Waals surface area contributed by atoms with Crippen molar-refractivity contribution in [3.63, 3.8) is 0 Å². The molecule has 2 aromatic heterocycles. The first-order valence-corrected chi connectivity index (χ1v) is 17.1. The zero-order valence-electron chi connectivity index (χ0n) is 26.1. The van der Waals surface area contributed by atoms with Crippen LogP contribution >= 0.6 is 11.3 Å². The van der Waals surface area contributed by atoms with E-state index in [4.69, 9.17) is 0 Å². The maximum Gasteiger partial charge on any atom is 0.199 e. The highest BCUT2D eigenvalue weighted by molar-refractivity contribution is 7.16. The zero-order valence-corrected chi connectivity index (χ0v) is 26.9. The van der Waals surface area contributed by atoms with Gasteiger partial charge in [0.15, 0.2) is 11.6 Å². The number of Topliss-reactive ketones (excluding diaryl/α,β-unsaturated/α-hetero) is 2. The molecule has 230 valence electrons. The first-order chi connectivity index (χ1) is 24.1. The molecule has 4 nitrogen and oxygen atoms in total. The molecule has 0 atom stereocenters. The summed E-state index contributed by atoms with van der Waals surface area (Å²) >= 11 is 1.64. The van der Waals surface area contributed by atoms with E-state index < -0.39 is 5.41 Å². The Kier molecular flexibility index (Phi) is 5.93. The molecule has 0 amide bonds. The highest BCUT2D eigenvalue weighted by atomic mass is 32.1. The predicted octanol–water partition coefficient (Wildman–Crippen LogP) is 10.4. The third-order valence-electron chi connectivity index (χ3n) is 10.1. The lowest BCUT2D eigenvalue weighted by Gasteiger charge is -2.32. The van der Waals surface area contributed by atoms with Gasteiger partial charge in [0, 0.05) is 44.8 Å². The van der Waals surface area contributed by atoms with Crippen LogP contribution in [0.1, 0.15) is 47.8 Å². The van der Waals surface area contributed by atoms with Crippen LogP contribution in [0.3, 0.4) is 0 Å². The number of ketones is 2. The van der Waals surface area contributed by atoms with Crippen LogP contribution in [0.25, 0.3) is 27.6 Å². The van der Waals surface area contributed by atoms with E-state index in [0.29, 0.717) is 11.1 Å². The monoisotopic (exact) mass is 646 g/mol. The number of carbonyl (C=O) groups excluding carboxylic acids is 2. The SMILES string of the molecule is O=C1/C(=C\c2cc3c(s2)-c2ccc(N(c4ccccc4)c4ccccc4)cc2C32c3ccccc3-c3ccccc32)C(=O)c2cnccc21. The molecular formula is C44H26N2O2S. The summed E-state index contributed by atoms with van der Waals surface area (Å²) in [5.74, 6) is -0.505. The number of thiophene rings is 1. The normalized spacial score (nSPS) is 15.2. The van der Waals surface area contributed by atoms with Crippen molar-refractivity contribution in [2.24, 2.45) is 0 Å². The molecule has 3 aliphatic carbocycles. The molecule has 49 heavy (non-hydrogen) atoms. The van der Waals surface area contributed by atoms with Gasteiger partial charge in [-0.3, -0.25) is 14.6 Å². The number of benzene rings is 5. The molecule has 0 aliphatic heterocycles. The summed E-state index contributed by atoms with van der Waals surface area (Å²) in [6, 6.07) is 49.1. The average molecular weight is 647 g/mol. The summed E-state index contributed by atoms with van der Waals surface area (Å²) < 4.78 is 0. The van der Waals surface area contributed by atoms with Crippen LogP contribution in [0.15, 0.2) is 157 Å². The maximum absolute atomic E-state index is 13.4. The van der Waals surface area contributed by atoms with Gasteiger partial charge in [-0.2, -0.15) is 0 Å². The van der Waals surface area contributed by atoms with Gasteiger partial charge in [-0.25, -0.2) is 0 Å². The molecule has 5 heteroatoms. The Bertz CT molecular complexity index is 2430. The van der Waals surface area contributed by atoms with Crippen LogP contribution in [0, 0.1) is 0 Å². The van der Waals surface area contributed by atoms with E-state index in [0.717, 1.165) is 32.4 Å². The van der Waals surface area contributed by atoms with Crippen molar-refractivity contribution in [1.82, 2.24) is 4.98 Å². The van der Waals surface area contributed by atoms with Crippen molar-refractivity contribution >= 4 is 46.0 Å². The van der Waals surface area contributed by atoms with Crippen molar-refractivity contribution in [2.45, 2.75) is 5.41 Å². The molecule has 0 saturated heterocycles. The van der Waals surface area contributed by atoms with Crippen LogP contribution in [-0.4, -0.2) is 16.6 Å². The number of rotatable bonds is 4. The van der Waals surface area contributed by atoms with Gasteiger partial charge < -0.3 is 4.90 Å². The molecule has 0 saturated carbocycles. The van der Waals surface area contributed by atoms with Crippen molar-refractivity contribution in [3.8, 4) is 21.6 Å². The fourth-order valence-electron chi connectivity index (χ4n) is 8.14. The summed E-state index contributed by atoms with van der Waals surface area (Å²) in [5, 5.41) is 0. The number of hydrogen-bond donors (Lipinski definition) is 0. The van der Waals surface area contributed by atoms with Crippen molar-refractivity contribution in [1.29, 1.82) is 0 Å². The molecular weight excluding hydrogens is 621 g/mol. The maximum atomic E-state index is 13.4.